The van der Waals surface area contributed by atoms with Crippen LogP contribution in [0.5, 0.6) is 0 Å². The molecule has 0 bridgehead atoms. The summed E-state index contributed by atoms with van der Waals surface area (Å²) in [7, 11) is 1.93. The van der Waals surface area contributed by atoms with Crippen molar-refractivity contribution in [1.82, 2.24) is 9.97 Å². The predicted octanol–water partition coefficient (Wildman–Crippen LogP) is 2.14. The SMILES string of the molecule is Cc1ccnc(N(C)c2ccc(N)cc2)n1. The molecule has 0 amide bonds. The summed E-state index contributed by atoms with van der Waals surface area (Å²) in [5, 5.41) is 0. The van der Waals surface area contributed by atoms with Crippen molar-refractivity contribution in [1.29, 1.82) is 0 Å². The van der Waals surface area contributed by atoms with E-state index >= 15 is 0 Å². The second-order valence-electron chi connectivity index (χ2n) is 3.65. The Hall–Kier alpha value is -2.10. The number of hydrogen-bond acceptors (Lipinski definition) is 4. The van der Waals surface area contributed by atoms with Gasteiger partial charge in [-0.2, -0.15) is 0 Å². The van der Waals surface area contributed by atoms with Gasteiger partial charge in [0, 0.05) is 30.3 Å². The van der Waals surface area contributed by atoms with Crippen LogP contribution < -0.4 is 10.6 Å². The Labute approximate surface area is 94.8 Å². The van der Waals surface area contributed by atoms with Crippen LogP contribution in [0, 0.1) is 6.92 Å². The van der Waals surface area contributed by atoms with Gasteiger partial charge in [0.1, 0.15) is 0 Å². The lowest BCUT2D eigenvalue weighted by molar-refractivity contribution is 1.01. The van der Waals surface area contributed by atoms with Crippen molar-refractivity contribution >= 4 is 17.3 Å². The van der Waals surface area contributed by atoms with E-state index in [2.05, 4.69) is 9.97 Å². The summed E-state index contributed by atoms with van der Waals surface area (Å²) in [6.45, 7) is 1.95. The maximum absolute atomic E-state index is 5.64. The van der Waals surface area contributed by atoms with Crippen molar-refractivity contribution in [3.05, 3.63) is 42.2 Å². The molecule has 0 aliphatic rings. The first-order valence-corrected chi connectivity index (χ1v) is 5.06. The van der Waals surface area contributed by atoms with E-state index < -0.39 is 0 Å². The maximum Gasteiger partial charge on any atom is 0.229 e. The average Bonchev–Trinajstić information content (AvgIpc) is 2.29. The highest BCUT2D eigenvalue weighted by Crippen LogP contribution is 2.20. The standard InChI is InChI=1S/C12H14N4/c1-9-7-8-14-12(15-9)16(2)11-5-3-10(13)4-6-11/h3-8H,13H2,1-2H3. The molecule has 0 unspecified atom stereocenters. The molecule has 1 heterocycles. The molecular weight excluding hydrogens is 200 g/mol. The van der Waals surface area contributed by atoms with E-state index in [-0.39, 0.29) is 0 Å². The molecule has 82 valence electrons. The van der Waals surface area contributed by atoms with Gasteiger partial charge in [0.2, 0.25) is 5.95 Å². The molecule has 16 heavy (non-hydrogen) atoms. The molecule has 4 nitrogen and oxygen atoms in total. The van der Waals surface area contributed by atoms with Crippen molar-refractivity contribution in [3.63, 3.8) is 0 Å². The number of hydrogen-bond donors (Lipinski definition) is 1. The van der Waals surface area contributed by atoms with Crippen LogP contribution in [-0.2, 0) is 0 Å². The number of nitrogens with zero attached hydrogens (tertiary/aromatic N) is 3. The zero-order valence-electron chi connectivity index (χ0n) is 9.38. The van der Waals surface area contributed by atoms with Gasteiger partial charge < -0.3 is 10.6 Å². The highest BCUT2D eigenvalue weighted by atomic mass is 15.2. The minimum atomic E-state index is 0.685. The van der Waals surface area contributed by atoms with Crippen LogP contribution in [0.4, 0.5) is 17.3 Å². The number of nitrogens with two attached hydrogens (primary N) is 1. The van der Waals surface area contributed by atoms with Crippen LogP contribution in [0.25, 0.3) is 0 Å². The maximum atomic E-state index is 5.64. The van der Waals surface area contributed by atoms with Crippen molar-refractivity contribution in [2.45, 2.75) is 6.92 Å². The fourth-order valence-electron chi connectivity index (χ4n) is 1.41. The molecule has 2 rings (SSSR count). The lowest BCUT2D eigenvalue weighted by Crippen LogP contribution is -2.13. The van der Waals surface area contributed by atoms with Crippen LogP contribution in [0.3, 0.4) is 0 Å². The van der Waals surface area contributed by atoms with Gasteiger partial charge in [-0.05, 0) is 37.3 Å². The van der Waals surface area contributed by atoms with Crippen LogP contribution in [0.2, 0.25) is 0 Å². The van der Waals surface area contributed by atoms with E-state index in [0.717, 1.165) is 17.1 Å². The van der Waals surface area contributed by atoms with E-state index in [0.29, 0.717) is 5.95 Å². The van der Waals surface area contributed by atoms with Crippen LogP contribution in [0.15, 0.2) is 36.5 Å². The lowest BCUT2D eigenvalue weighted by atomic mass is 10.3. The van der Waals surface area contributed by atoms with Gasteiger partial charge in [0.25, 0.3) is 0 Å². The molecule has 2 aromatic rings. The summed E-state index contributed by atoms with van der Waals surface area (Å²) >= 11 is 0. The molecule has 2 N–H and O–H groups in total. The highest BCUT2D eigenvalue weighted by Gasteiger charge is 2.06. The number of benzene rings is 1. The quantitative estimate of drug-likeness (QED) is 0.778. The summed E-state index contributed by atoms with van der Waals surface area (Å²) in [4.78, 5) is 10.5. The molecule has 4 heteroatoms. The summed E-state index contributed by atoms with van der Waals surface area (Å²) in [5.74, 6) is 0.685. The van der Waals surface area contributed by atoms with Crippen LogP contribution in [0.1, 0.15) is 5.69 Å². The zero-order valence-corrected chi connectivity index (χ0v) is 9.38. The number of rotatable bonds is 2. The van der Waals surface area contributed by atoms with Gasteiger partial charge in [-0.25, -0.2) is 9.97 Å². The molecule has 0 saturated carbocycles. The van der Waals surface area contributed by atoms with E-state index in [1.807, 2.05) is 49.2 Å². The summed E-state index contributed by atoms with van der Waals surface area (Å²) in [6, 6.07) is 9.49. The first-order valence-electron chi connectivity index (χ1n) is 5.06. The summed E-state index contributed by atoms with van der Waals surface area (Å²) in [5.41, 5.74) is 8.36. The first kappa shape index (κ1) is 10.4. The molecule has 0 spiro atoms. The minimum absolute atomic E-state index is 0.685. The second kappa shape index (κ2) is 4.18. The van der Waals surface area contributed by atoms with Gasteiger partial charge in [-0.1, -0.05) is 0 Å². The molecule has 0 saturated heterocycles. The third-order valence-corrected chi connectivity index (χ3v) is 2.36. The average molecular weight is 214 g/mol. The molecule has 0 fully saturated rings. The van der Waals surface area contributed by atoms with Gasteiger partial charge in [0.15, 0.2) is 0 Å². The Balaban J connectivity index is 2.31. The number of anilines is 3. The molecular formula is C12H14N4. The van der Waals surface area contributed by atoms with E-state index in [1.165, 1.54) is 0 Å². The van der Waals surface area contributed by atoms with Crippen molar-refractivity contribution in [2.75, 3.05) is 17.7 Å². The third-order valence-electron chi connectivity index (χ3n) is 2.36. The Bertz CT molecular complexity index is 479. The summed E-state index contributed by atoms with van der Waals surface area (Å²) < 4.78 is 0. The Morgan fingerprint density at radius 2 is 1.81 bits per heavy atom. The van der Waals surface area contributed by atoms with Crippen molar-refractivity contribution in [3.8, 4) is 0 Å². The lowest BCUT2D eigenvalue weighted by Gasteiger charge is -2.17. The van der Waals surface area contributed by atoms with Crippen LogP contribution in [-0.4, -0.2) is 17.0 Å². The smallest absolute Gasteiger partial charge is 0.229 e. The monoisotopic (exact) mass is 214 g/mol. The molecule has 0 atom stereocenters. The Morgan fingerprint density at radius 3 is 2.44 bits per heavy atom. The Kier molecular flexibility index (Phi) is 2.72. The molecule has 0 aliphatic carbocycles. The third kappa shape index (κ3) is 2.11. The minimum Gasteiger partial charge on any atom is -0.399 e. The van der Waals surface area contributed by atoms with E-state index in [9.17, 15) is 0 Å². The Morgan fingerprint density at radius 1 is 1.12 bits per heavy atom. The largest absolute Gasteiger partial charge is 0.399 e. The first-order chi connectivity index (χ1) is 7.66. The number of aromatic nitrogens is 2. The van der Waals surface area contributed by atoms with E-state index in [4.69, 9.17) is 5.73 Å². The van der Waals surface area contributed by atoms with Crippen molar-refractivity contribution in [2.24, 2.45) is 0 Å². The molecule has 0 aliphatic heterocycles. The van der Waals surface area contributed by atoms with Gasteiger partial charge in [0.05, 0.1) is 0 Å². The molecule has 1 aromatic heterocycles. The summed E-state index contributed by atoms with van der Waals surface area (Å²) in [6.07, 6.45) is 1.76. The molecule has 0 radical (unpaired) electrons. The predicted molar refractivity (Wildman–Crippen MR) is 65.7 cm³/mol. The number of aryl methyl sites for hydroxylation is 1. The van der Waals surface area contributed by atoms with E-state index in [1.54, 1.807) is 6.20 Å². The number of nitrogen functional groups attached to an aromatic ring is 1. The second-order valence-corrected chi connectivity index (χ2v) is 3.65. The van der Waals surface area contributed by atoms with Gasteiger partial charge in [-0.3, -0.25) is 0 Å². The zero-order chi connectivity index (χ0) is 11.5. The van der Waals surface area contributed by atoms with Crippen LogP contribution >= 0.6 is 0 Å². The van der Waals surface area contributed by atoms with Crippen molar-refractivity contribution < 1.29 is 0 Å². The normalized spacial score (nSPS) is 10.1. The van der Waals surface area contributed by atoms with Gasteiger partial charge in [-0.15, -0.1) is 0 Å². The highest BCUT2D eigenvalue weighted by molar-refractivity contribution is 5.59. The molecule has 1 aromatic carbocycles. The fourth-order valence-corrected chi connectivity index (χ4v) is 1.41. The van der Waals surface area contributed by atoms with Gasteiger partial charge >= 0.3 is 0 Å². The fraction of sp³-hybridized carbons (Fsp3) is 0.167. The topological polar surface area (TPSA) is 55.0 Å².